The van der Waals surface area contributed by atoms with Gasteiger partial charge in [0, 0.05) is 10.8 Å². The maximum atomic E-state index is 2.59. The van der Waals surface area contributed by atoms with E-state index in [1.165, 1.54) is 121 Å². The lowest BCUT2D eigenvalue weighted by molar-refractivity contribution is 0.660. The van der Waals surface area contributed by atoms with Crippen molar-refractivity contribution < 1.29 is 0 Å². The molecule has 0 saturated carbocycles. The van der Waals surface area contributed by atoms with E-state index in [0.29, 0.717) is 0 Å². The zero-order chi connectivity index (χ0) is 40.3. The molecular formula is C60H44. The second-order valence-corrected chi connectivity index (χ2v) is 18.0. The average Bonchev–Trinajstić information content (AvgIpc) is 3.68. The van der Waals surface area contributed by atoms with Gasteiger partial charge in [0.2, 0.25) is 0 Å². The molecule has 0 heteroatoms. The molecule has 0 N–H and O–H groups in total. The van der Waals surface area contributed by atoms with Gasteiger partial charge < -0.3 is 0 Å². The molecule has 0 unspecified atom stereocenters. The Bertz CT molecular complexity index is 3370. The van der Waals surface area contributed by atoms with Gasteiger partial charge in [0.1, 0.15) is 0 Å². The predicted octanol–water partition coefficient (Wildman–Crippen LogP) is 16.4. The van der Waals surface area contributed by atoms with E-state index in [0.717, 1.165) is 0 Å². The van der Waals surface area contributed by atoms with Crippen molar-refractivity contribution in [3.8, 4) is 66.8 Å². The van der Waals surface area contributed by atoms with E-state index >= 15 is 0 Å². The first-order chi connectivity index (χ1) is 29.3. The standard InChI is InChI=1S/C60H44/c1-59(2)50-26-16-14-24-45(50)56-52(59)33-32-44-49(36-53-57(58(44)56)46-25-15-17-27-51(46)60(53,3)4)55-43-31-29-40(37-18-8-5-9-19-37)34-47(43)54(39-22-12-7-13-23-39)42-30-28-41(35-48(42)55)38-20-10-6-11-21-38/h5-36H,1-4H3. The number of fused-ring (bicyclic) bond motifs is 11. The van der Waals surface area contributed by atoms with Gasteiger partial charge in [0.05, 0.1) is 0 Å². The van der Waals surface area contributed by atoms with Gasteiger partial charge in [-0.3, -0.25) is 0 Å². The van der Waals surface area contributed by atoms with Crippen molar-refractivity contribution in [1.29, 1.82) is 0 Å². The van der Waals surface area contributed by atoms with Crippen LogP contribution in [-0.2, 0) is 10.8 Å². The third-order valence-corrected chi connectivity index (χ3v) is 14.1. The van der Waals surface area contributed by atoms with Crippen LogP contribution in [0.15, 0.2) is 194 Å². The predicted molar refractivity (Wildman–Crippen MR) is 256 cm³/mol. The number of rotatable bonds is 4. The highest BCUT2D eigenvalue weighted by Gasteiger charge is 2.42. The molecule has 60 heavy (non-hydrogen) atoms. The van der Waals surface area contributed by atoms with Crippen LogP contribution in [-0.4, -0.2) is 0 Å². The average molecular weight is 765 g/mol. The molecule has 284 valence electrons. The van der Waals surface area contributed by atoms with Crippen LogP contribution in [0.5, 0.6) is 0 Å². The number of hydrogen-bond acceptors (Lipinski definition) is 0. The van der Waals surface area contributed by atoms with E-state index in [1.54, 1.807) is 0 Å². The van der Waals surface area contributed by atoms with Crippen LogP contribution in [0, 0.1) is 0 Å². The SMILES string of the molecule is CC1(C)c2ccccc2-c2c1ccc1c(-c3c4ccc(-c5ccccc5)cc4c(-c4ccccc4)c4ccc(-c5ccccc5)cc34)cc3c(c21)-c1ccccc1C3(C)C. The minimum atomic E-state index is -0.198. The summed E-state index contributed by atoms with van der Waals surface area (Å²) >= 11 is 0. The molecule has 0 spiro atoms. The smallest absolute Gasteiger partial charge is 0.0159 e. The van der Waals surface area contributed by atoms with E-state index in [4.69, 9.17) is 0 Å². The highest BCUT2D eigenvalue weighted by Crippen LogP contribution is 2.60. The van der Waals surface area contributed by atoms with Crippen molar-refractivity contribution in [2.24, 2.45) is 0 Å². The maximum absolute atomic E-state index is 2.59. The second-order valence-electron chi connectivity index (χ2n) is 18.0. The fourth-order valence-corrected chi connectivity index (χ4v) is 11.1. The first-order valence-corrected chi connectivity index (χ1v) is 21.4. The Kier molecular flexibility index (Phi) is 7.42. The molecule has 10 aromatic carbocycles. The third-order valence-electron chi connectivity index (χ3n) is 14.1. The van der Waals surface area contributed by atoms with Crippen LogP contribution in [0.2, 0.25) is 0 Å². The maximum Gasteiger partial charge on any atom is 0.0159 e. The van der Waals surface area contributed by atoms with Crippen LogP contribution in [0.4, 0.5) is 0 Å². The Morgan fingerprint density at radius 1 is 0.250 bits per heavy atom. The third kappa shape index (κ3) is 4.85. The second kappa shape index (κ2) is 12.7. The molecule has 12 rings (SSSR count). The van der Waals surface area contributed by atoms with E-state index in [-0.39, 0.29) is 10.8 Å². The molecule has 0 amide bonds. The van der Waals surface area contributed by atoms with Gasteiger partial charge in [-0.2, -0.15) is 0 Å². The monoisotopic (exact) mass is 764 g/mol. The highest BCUT2D eigenvalue weighted by atomic mass is 14.4. The van der Waals surface area contributed by atoms with Crippen molar-refractivity contribution in [3.05, 3.63) is 216 Å². The van der Waals surface area contributed by atoms with E-state index in [1.807, 2.05) is 0 Å². The minimum absolute atomic E-state index is 0.119. The van der Waals surface area contributed by atoms with Crippen LogP contribution < -0.4 is 0 Å². The zero-order valence-corrected chi connectivity index (χ0v) is 34.5. The molecule has 2 aliphatic rings. The molecule has 0 fully saturated rings. The summed E-state index contributed by atoms with van der Waals surface area (Å²) in [7, 11) is 0. The van der Waals surface area contributed by atoms with Crippen LogP contribution in [0.25, 0.3) is 99.1 Å². The lowest BCUT2D eigenvalue weighted by Crippen LogP contribution is -2.15. The summed E-state index contributed by atoms with van der Waals surface area (Å²) in [4.78, 5) is 0. The van der Waals surface area contributed by atoms with Crippen molar-refractivity contribution in [3.63, 3.8) is 0 Å². The highest BCUT2D eigenvalue weighted by molar-refractivity contribution is 6.27. The molecule has 0 heterocycles. The van der Waals surface area contributed by atoms with Gasteiger partial charge in [0.15, 0.2) is 0 Å². The van der Waals surface area contributed by atoms with Crippen LogP contribution in [0.1, 0.15) is 49.9 Å². The topological polar surface area (TPSA) is 0 Å². The summed E-state index contributed by atoms with van der Waals surface area (Å²) in [6.45, 7) is 9.68. The van der Waals surface area contributed by atoms with E-state index < -0.39 is 0 Å². The minimum Gasteiger partial charge on any atom is -0.0622 e. The molecular weight excluding hydrogens is 721 g/mol. The Labute approximate surface area is 352 Å². The summed E-state index contributed by atoms with van der Waals surface area (Å²) < 4.78 is 0. The largest absolute Gasteiger partial charge is 0.0622 e. The Balaban J connectivity index is 1.30. The first-order valence-electron chi connectivity index (χ1n) is 21.4. The molecule has 0 aromatic heterocycles. The van der Waals surface area contributed by atoms with Crippen molar-refractivity contribution in [2.75, 3.05) is 0 Å². The van der Waals surface area contributed by atoms with Gasteiger partial charge in [0.25, 0.3) is 0 Å². The molecule has 0 radical (unpaired) electrons. The first kappa shape index (κ1) is 35.0. The zero-order valence-electron chi connectivity index (χ0n) is 34.5. The number of hydrogen-bond donors (Lipinski definition) is 0. The summed E-state index contributed by atoms with van der Waals surface area (Å²) in [6, 6.07) is 73.0. The lowest BCUT2D eigenvalue weighted by atomic mass is 9.77. The molecule has 0 saturated heterocycles. The molecule has 2 aliphatic carbocycles. The number of benzene rings is 10. The Morgan fingerprint density at radius 3 is 1.25 bits per heavy atom. The van der Waals surface area contributed by atoms with Crippen molar-refractivity contribution >= 4 is 32.3 Å². The van der Waals surface area contributed by atoms with Gasteiger partial charge in [-0.05, 0) is 140 Å². The van der Waals surface area contributed by atoms with Crippen LogP contribution in [0.3, 0.4) is 0 Å². The van der Waals surface area contributed by atoms with Crippen molar-refractivity contribution in [2.45, 2.75) is 38.5 Å². The fraction of sp³-hybridized carbons (Fsp3) is 0.100. The molecule has 10 aromatic rings. The van der Waals surface area contributed by atoms with E-state index in [2.05, 4.69) is 222 Å². The van der Waals surface area contributed by atoms with Crippen LogP contribution >= 0.6 is 0 Å². The van der Waals surface area contributed by atoms with Gasteiger partial charge in [-0.15, -0.1) is 0 Å². The van der Waals surface area contributed by atoms with Gasteiger partial charge >= 0.3 is 0 Å². The normalized spacial score (nSPS) is 14.3. The summed E-state index contributed by atoms with van der Waals surface area (Å²) in [5, 5.41) is 7.75. The fourth-order valence-electron chi connectivity index (χ4n) is 11.1. The van der Waals surface area contributed by atoms with E-state index in [9.17, 15) is 0 Å². The Morgan fingerprint density at radius 2 is 0.683 bits per heavy atom. The Hall–Kier alpha value is -7.02. The summed E-state index contributed by atoms with van der Waals surface area (Å²) in [5.41, 5.74) is 20.8. The molecule has 0 aliphatic heterocycles. The lowest BCUT2D eigenvalue weighted by Gasteiger charge is -2.26. The summed E-state index contributed by atoms with van der Waals surface area (Å²) in [6.07, 6.45) is 0. The molecule has 0 nitrogen and oxygen atoms in total. The summed E-state index contributed by atoms with van der Waals surface area (Å²) in [5.74, 6) is 0. The molecule has 0 atom stereocenters. The molecule has 0 bridgehead atoms. The van der Waals surface area contributed by atoms with Gasteiger partial charge in [-0.1, -0.05) is 204 Å². The quantitative estimate of drug-likeness (QED) is 0.157. The van der Waals surface area contributed by atoms with Crippen molar-refractivity contribution in [1.82, 2.24) is 0 Å². The van der Waals surface area contributed by atoms with Gasteiger partial charge in [-0.25, -0.2) is 0 Å².